The first-order valence-electron chi connectivity index (χ1n) is 6.50. The van der Waals surface area contributed by atoms with Crippen LogP contribution in [0.2, 0.25) is 0 Å². The van der Waals surface area contributed by atoms with Crippen LogP contribution in [0.15, 0.2) is 17.3 Å². The number of thioether (sulfide) groups is 1. The summed E-state index contributed by atoms with van der Waals surface area (Å²) in [4.78, 5) is 27.4. The molecule has 7 heteroatoms. The van der Waals surface area contributed by atoms with Crippen LogP contribution in [0.3, 0.4) is 0 Å². The van der Waals surface area contributed by atoms with Crippen molar-refractivity contribution in [2.45, 2.75) is 38.3 Å². The molecule has 1 rings (SSSR count). The van der Waals surface area contributed by atoms with Gasteiger partial charge in [0, 0.05) is 0 Å². The first-order chi connectivity index (χ1) is 9.73. The number of nitrogens with two attached hydrogens (primary N) is 1. The van der Waals surface area contributed by atoms with Gasteiger partial charge in [0.05, 0.1) is 34.8 Å². The molecule has 0 spiro atoms. The third-order valence-corrected chi connectivity index (χ3v) is 3.06. The molecule has 0 aliphatic rings. The number of nitrogen functional groups attached to an aromatic ring is 1. The second-order valence-corrected chi connectivity index (χ2v) is 6.20. The highest BCUT2D eigenvalue weighted by molar-refractivity contribution is 7.99. The lowest BCUT2D eigenvalue weighted by Crippen LogP contribution is -2.24. The minimum atomic E-state index is -0.526. The Kier molecular flexibility index (Phi) is 6.02. The summed E-state index contributed by atoms with van der Waals surface area (Å²) >= 11 is 1.18. The van der Waals surface area contributed by atoms with Crippen molar-refractivity contribution in [3.05, 3.63) is 17.8 Å². The third kappa shape index (κ3) is 6.03. The zero-order valence-electron chi connectivity index (χ0n) is 12.6. The largest absolute Gasteiger partial charge is 0.462 e. The highest BCUT2D eigenvalue weighted by Crippen LogP contribution is 2.21. The summed E-state index contributed by atoms with van der Waals surface area (Å²) in [5.74, 6) is -0.739. The number of aromatic nitrogens is 1. The van der Waals surface area contributed by atoms with Crippen LogP contribution in [0.25, 0.3) is 0 Å². The number of carbonyl (C=O) groups is 2. The first-order valence-corrected chi connectivity index (χ1v) is 7.48. The Morgan fingerprint density at radius 3 is 2.62 bits per heavy atom. The fourth-order valence-electron chi connectivity index (χ4n) is 1.42. The van der Waals surface area contributed by atoms with Crippen LogP contribution in [0.4, 0.5) is 5.69 Å². The number of pyridine rings is 1. The Balaban J connectivity index is 2.70. The normalized spacial score (nSPS) is 11.0. The Morgan fingerprint density at radius 2 is 2.05 bits per heavy atom. The van der Waals surface area contributed by atoms with Crippen LogP contribution in [-0.4, -0.2) is 34.9 Å². The first kappa shape index (κ1) is 17.3. The molecule has 21 heavy (non-hydrogen) atoms. The van der Waals surface area contributed by atoms with Gasteiger partial charge in [-0.3, -0.25) is 4.79 Å². The number of nitrogens with zero attached hydrogens (tertiary/aromatic N) is 1. The molecule has 0 radical (unpaired) electrons. The van der Waals surface area contributed by atoms with E-state index in [1.54, 1.807) is 27.7 Å². The molecular formula is C14H20N2O4S. The van der Waals surface area contributed by atoms with Crippen LogP contribution >= 0.6 is 11.8 Å². The Morgan fingerprint density at radius 1 is 1.38 bits per heavy atom. The van der Waals surface area contributed by atoms with Crippen molar-refractivity contribution in [2.24, 2.45) is 0 Å². The summed E-state index contributed by atoms with van der Waals surface area (Å²) in [6.07, 6.45) is 1.38. The van der Waals surface area contributed by atoms with E-state index < -0.39 is 11.6 Å². The molecule has 1 heterocycles. The lowest BCUT2D eigenvalue weighted by molar-refractivity contribution is -0.151. The van der Waals surface area contributed by atoms with Gasteiger partial charge in [0.1, 0.15) is 5.60 Å². The van der Waals surface area contributed by atoms with Crippen LogP contribution in [0.5, 0.6) is 0 Å². The highest BCUT2D eigenvalue weighted by Gasteiger charge is 2.17. The summed E-state index contributed by atoms with van der Waals surface area (Å²) in [6.45, 7) is 7.39. The minimum Gasteiger partial charge on any atom is -0.462 e. The predicted molar refractivity (Wildman–Crippen MR) is 81.2 cm³/mol. The van der Waals surface area contributed by atoms with Gasteiger partial charge >= 0.3 is 11.9 Å². The van der Waals surface area contributed by atoms with Crippen molar-refractivity contribution in [1.29, 1.82) is 0 Å². The van der Waals surface area contributed by atoms with E-state index in [-0.39, 0.29) is 29.6 Å². The van der Waals surface area contributed by atoms with E-state index in [0.717, 1.165) is 0 Å². The van der Waals surface area contributed by atoms with E-state index in [4.69, 9.17) is 15.2 Å². The maximum Gasteiger partial charge on any atom is 0.340 e. The molecule has 2 N–H and O–H groups in total. The van der Waals surface area contributed by atoms with Crippen molar-refractivity contribution in [1.82, 2.24) is 4.98 Å². The van der Waals surface area contributed by atoms with Crippen LogP contribution in [-0.2, 0) is 14.3 Å². The van der Waals surface area contributed by atoms with Crippen LogP contribution < -0.4 is 5.73 Å². The van der Waals surface area contributed by atoms with Gasteiger partial charge < -0.3 is 15.2 Å². The van der Waals surface area contributed by atoms with Crippen molar-refractivity contribution in [2.75, 3.05) is 18.1 Å². The van der Waals surface area contributed by atoms with Gasteiger partial charge in [-0.1, -0.05) is 11.8 Å². The van der Waals surface area contributed by atoms with E-state index in [1.165, 1.54) is 24.0 Å². The van der Waals surface area contributed by atoms with Gasteiger partial charge in [0.25, 0.3) is 0 Å². The second-order valence-electron chi connectivity index (χ2n) is 5.21. The van der Waals surface area contributed by atoms with Gasteiger partial charge in [-0.05, 0) is 33.8 Å². The molecule has 6 nitrogen and oxygen atoms in total. The second kappa shape index (κ2) is 7.31. The SMILES string of the molecule is CCOC(=O)c1cc(SCC(=O)OC(C)(C)C)ncc1N. The smallest absolute Gasteiger partial charge is 0.340 e. The molecule has 0 atom stereocenters. The monoisotopic (exact) mass is 312 g/mol. The molecule has 0 aliphatic heterocycles. The molecule has 0 saturated heterocycles. The Hall–Kier alpha value is -1.76. The lowest BCUT2D eigenvalue weighted by Gasteiger charge is -2.19. The predicted octanol–water partition coefficient (Wildman–Crippen LogP) is 2.27. The van der Waals surface area contributed by atoms with Crippen molar-refractivity contribution < 1.29 is 19.1 Å². The number of rotatable bonds is 5. The average Bonchev–Trinajstić information content (AvgIpc) is 2.36. The number of carbonyl (C=O) groups excluding carboxylic acids is 2. The Bertz CT molecular complexity index is 526. The fourth-order valence-corrected chi connectivity index (χ4v) is 2.07. The van der Waals surface area contributed by atoms with Crippen LogP contribution in [0.1, 0.15) is 38.1 Å². The van der Waals surface area contributed by atoms with E-state index >= 15 is 0 Å². The van der Waals surface area contributed by atoms with Crippen molar-refractivity contribution in [3.8, 4) is 0 Å². The zero-order chi connectivity index (χ0) is 16.0. The van der Waals surface area contributed by atoms with Gasteiger partial charge in [-0.15, -0.1) is 0 Å². The summed E-state index contributed by atoms with van der Waals surface area (Å²) in [5, 5.41) is 0.512. The molecule has 0 bridgehead atoms. The molecule has 116 valence electrons. The van der Waals surface area contributed by atoms with E-state index in [0.29, 0.717) is 5.03 Å². The number of hydrogen-bond donors (Lipinski definition) is 1. The summed E-state index contributed by atoms with van der Waals surface area (Å²) < 4.78 is 10.1. The summed E-state index contributed by atoms with van der Waals surface area (Å²) in [5.41, 5.74) is 5.66. The summed E-state index contributed by atoms with van der Waals surface area (Å²) in [6, 6.07) is 1.52. The Labute approximate surface area is 128 Å². The quantitative estimate of drug-likeness (QED) is 0.658. The van der Waals surface area contributed by atoms with Crippen molar-refractivity contribution >= 4 is 29.4 Å². The van der Waals surface area contributed by atoms with E-state index in [1.807, 2.05) is 0 Å². The van der Waals surface area contributed by atoms with Gasteiger partial charge in [0.2, 0.25) is 0 Å². The third-order valence-electron chi connectivity index (χ3n) is 2.16. The molecule has 0 fully saturated rings. The maximum absolute atomic E-state index is 11.7. The molecule has 0 saturated carbocycles. The molecular weight excluding hydrogens is 292 g/mol. The molecule has 0 aliphatic carbocycles. The van der Waals surface area contributed by atoms with Gasteiger partial charge in [0.15, 0.2) is 0 Å². The number of anilines is 1. The van der Waals surface area contributed by atoms with E-state index in [2.05, 4.69) is 4.98 Å². The standard InChI is InChI=1S/C14H20N2O4S/c1-5-19-13(18)9-6-11(16-7-10(9)15)21-8-12(17)20-14(2,3)4/h6-7H,5,8,15H2,1-4H3. The molecule has 1 aromatic heterocycles. The number of hydrogen-bond acceptors (Lipinski definition) is 7. The van der Waals surface area contributed by atoms with Gasteiger partial charge in [-0.25, -0.2) is 9.78 Å². The van der Waals surface area contributed by atoms with Gasteiger partial charge in [-0.2, -0.15) is 0 Å². The molecule has 0 aromatic carbocycles. The maximum atomic E-state index is 11.7. The van der Waals surface area contributed by atoms with E-state index in [9.17, 15) is 9.59 Å². The molecule has 1 aromatic rings. The number of ether oxygens (including phenoxy) is 2. The lowest BCUT2D eigenvalue weighted by atomic mass is 10.2. The molecule has 0 unspecified atom stereocenters. The highest BCUT2D eigenvalue weighted by atomic mass is 32.2. The number of esters is 2. The van der Waals surface area contributed by atoms with Crippen LogP contribution in [0, 0.1) is 0 Å². The zero-order valence-corrected chi connectivity index (χ0v) is 13.5. The minimum absolute atomic E-state index is 0.108. The fraction of sp³-hybridized carbons (Fsp3) is 0.500. The summed E-state index contributed by atoms with van der Waals surface area (Å²) in [7, 11) is 0. The topological polar surface area (TPSA) is 91.5 Å². The average molecular weight is 312 g/mol. The van der Waals surface area contributed by atoms with Crippen molar-refractivity contribution in [3.63, 3.8) is 0 Å². The molecule has 0 amide bonds.